The molecule has 3 N–H and O–H groups in total. The van der Waals surface area contributed by atoms with Crippen molar-refractivity contribution in [2.24, 2.45) is 0 Å². The molecule has 1 unspecified atom stereocenters. The summed E-state index contributed by atoms with van der Waals surface area (Å²) in [5.74, 6) is -2.70. The van der Waals surface area contributed by atoms with Gasteiger partial charge >= 0.3 is 5.97 Å². The number of nitrogens with zero attached hydrogens (tertiary/aromatic N) is 1. The average Bonchev–Trinajstić information content (AvgIpc) is 2.26. The number of rotatable bonds is 3. The fourth-order valence-electron chi connectivity index (χ4n) is 1.27. The molecular formula is C11H13NO5. The third-order valence-electron chi connectivity index (χ3n) is 2.49. The Labute approximate surface area is 97.7 Å². The van der Waals surface area contributed by atoms with Crippen LogP contribution in [0.2, 0.25) is 0 Å². The Bertz CT molecular complexity index is 437. The Morgan fingerprint density at radius 3 is 2.12 bits per heavy atom. The molecule has 1 rings (SSSR count). The molecule has 0 saturated heterocycles. The molecule has 0 bridgehead atoms. The second-order valence-corrected chi connectivity index (χ2v) is 3.60. The maximum Gasteiger partial charge on any atom is 0.326 e. The van der Waals surface area contributed by atoms with E-state index in [0.29, 0.717) is 0 Å². The zero-order chi connectivity index (χ0) is 13.2. The van der Waals surface area contributed by atoms with E-state index in [0.717, 1.165) is 4.90 Å². The average molecular weight is 239 g/mol. The lowest BCUT2D eigenvalue weighted by Gasteiger charge is -2.22. The first-order valence-electron chi connectivity index (χ1n) is 4.87. The molecule has 1 atom stereocenters. The topological polar surface area (TPSA) is 98.1 Å². The number of benzene rings is 1. The fourth-order valence-corrected chi connectivity index (χ4v) is 1.27. The largest absolute Gasteiger partial charge is 0.507 e. The summed E-state index contributed by atoms with van der Waals surface area (Å²) in [5.41, 5.74) is -0.303. The first kappa shape index (κ1) is 12.8. The predicted molar refractivity (Wildman–Crippen MR) is 59.0 cm³/mol. The van der Waals surface area contributed by atoms with Crippen molar-refractivity contribution in [1.82, 2.24) is 4.90 Å². The highest BCUT2D eigenvalue weighted by Gasteiger charge is 2.26. The molecule has 0 spiro atoms. The first-order chi connectivity index (χ1) is 7.86. The summed E-state index contributed by atoms with van der Waals surface area (Å²) in [5, 5.41) is 27.7. The number of phenols is 2. The lowest BCUT2D eigenvalue weighted by atomic mass is 10.1. The van der Waals surface area contributed by atoms with Gasteiger partial charge in [0.1, 0.15) is 23.1 Å². The van der Waals surface area contributed by atoms with E-state index in [2.05, 4.69) is 0 Å². The minimum absolute atomic E-state index is 0.303. The van der Waals surface area contributed by atoms with Gasteiger partial charge in [0.25, 0.3) is 5.91 Å². The summed E-state index contributed by atoms with van der Waals surface area (Å²) in [6, 6.07) is 2.81. The number of carboxylic acids is 1. The molecule has 1 amide bonds. The number of phenolic OH excluding ortho intramolecular Hbond substituents is 2. The van der Waals surface area contributed by atoms with Crippen LogP contribution in [-0.4, -0.2) is 45.2 Å². The summed E-state index contributed by atoms with van der Waals surface area (Å²) in [6.07, 6.45) is 0. The van der Waals surface area contributed by atoms with Crippen molar-refractivity contribution in [3.63, 3.8) is 0 Å². The number of carboxylic acid groups (broad SMARTS) is 1. The molecule has 0 aliphatic carbocycles. The minimum atomic E-state index is -1.17. The third-order valence-corrected chi connectivity index (χ3v) is 2.49. The molecule has 92 valence electrons. The van der Waals surface area contributed by atoms with Gasteiger partial charge in [-0.2, -0.15) is 0 Å². The van der Waals surface area contributed by atoms with Crippen LogP contribution >= 0.6 is 0 Å². The third kappa shape index (κ3) is 2.47. The van der Waals surface area contributed by atoms with E-state index in [-0.39, 0.29) is 17.1 Å². The van der Waals surface area contributed by atoms with Gasteiger partial charge in [0.15, 0.2) is 0 Å². The van der Waals surface area contributed by atoms with Crippen LogP contribution in [0.15, 0.2) is 18.2 Å². The number of carbonyl (C=O) groups is 2. The van der Waals surface area contributed by atoms with Crippen molar-refractivity contribution in [1.29, 1.82) is 0 Å². The Balaban J connectivity index is 3.09. The Kier molecular flexibility index (Phi) is 3.57. The molecule has 0 radical (unpaired) electrons. The highest BCUT2D eigenvalue weighted by Crippen LogP contribution is 2.27. The molecule has 0 heterocycles. The predicted octanol–water partition coefficient (Wildman–Crippen LogP) is 0.643. The van der Waals surface area contributed by atoms with Crippen LogP contribution in [0.5, 0.6) is 11.5 Å². The minimum Gasteiger partial charge on any atom is -0.507 e. The molecule has 1 aromatic carbocycles. The number of likely N-dealkylation sites (N-methyl/N-ethyl adjacent to an activating group) is 1. The van der Waals surface area contributed by atoms with Crippen molar-refractivity contribution in [3.05, 3.63) is 23.8 Å². The van der Waals surface area contributed by atoms with Gasteiger partial charge < -0.3 is 20.2 Å². The number of hydrogen-bond acceptors (Lipinski definition) is 4. The monoisotopic (exact) mass is 239 g/mol. The number of hydrogen-bond donors (Lipinski definition) is 3. The van der Waals surface area contributed by atoms with Gasteiger partial charge in [-0.25, -0.2) is 4.79 Å². The maximum absolute atomic E-state index is 11.9. The highest BCUT2D eigenvalue weighted by molar-refractivity contribution is 6.00. The van der Waals surface area contributed by atoms with E-state index in [4.69, 9.17) is 5.11 Å². The van der Waals surface area contributed by atoms with Crippen LogP contribution in [0.3, 0.4) is 0 Å². The maximum atomic E-state index is 11.9. The number of carbonyl (C=O) groups excluding carboxylic acids is 1. The molecule has 6 nitrogen and oxygen atoms in total. The lowest BCUT2D eigenvalue weighted by Crippen LogP contribution is -2.40. The van der Waals surface area contributed by atoms with E-state index in [9.17, 15) is 19.8 Å². The van der Waals surface area contributed by atoms with Crippen LogP contribution in [0.4, 0.5) is 0 Å². The summed E-state index contributed by atoms with van der Waals surface area (Å²) in [4.78, 5) is 23.5. The second kappa shape index (κ2) is 4.73. The molecule has 0 aliphatic heterocycles. The van der Waals surface area contributed by atoms with Crippen LogP contribution in [0.1, 0.15) is 17.3 Å². The smallest absolute Gasteiger partial charge is 0.326 e. The Hall–Kier alpha value is -2.24. The molecular weight excluding hydrogens is 226 g/mol. The first-order valence-corrected chi connectivity index (χ1v) is 4.87. The van der Waals surface area contributed by atoms with Gasteiger partial charge in [-0.05, 0) is 19.1 Å². The second-order valence-electron chi connectivity index (χ2n) is 3.60. The van der Waals surface area contributed by atoms with Crippen molar-refractivity contribution < 1.29 is 24.9 Å². The van der Waals surface area contributed by atoms with Crippen molar-refractivity contribution in [2.75, 3.05) is 7.05 Å². The zero-order valence-corrected chi connectivity index (χ0v) is 9.41. The number of aromatic hydroxyl groups is 2. The normalized spacial score (nSPS) is 11.9. The summed E-state index contributed by atoms with van der Waals surface area (Å²) in [7, 11) is 1.28. The van der Waals surface area contributed by atoms with E-state index < -0.39 is 17.9 Å². The van der Waals surface area contributed by atoms with E-state index in [1.165, 1.54) is 32.2 Å². The van der Waals surface area contributed by atoms with Crippen molar-refractivity contribution in [2.45, 2.75) is 13.0 Å². The van der Waals surface area contributed by atoms with Crippen LogP contribution in [-0.2, 0) is 4.79 Å². The standard InChI is InChI=1S/C11H13NO5/c1-6(11(16)17)12(2)10(15)9-7(13)4-3-5-8(9)14/h3-6,13-14H,1-2H3,(H,16,17). The SMILES string of the molecule is CC(C(=O)O)N(C)C(=O)c1c(O)cccc1O. The molecule has 0 fully saturated rings. The van der Waals surface area contributed by atoms with Gasteiger partial charge in [0.2, 0.25) is 0 Å². The van der Waals surface area contributed by atoms with Crippen LogP contribution < -0.4 is 0 Å². The highest BCUT2D eigenvalue weighted by atomic mass is 16.4. The lowest BCUT2D eigenvalue weighted by molar-refractivity contribution is -0.141. The quantitative estimate of drug-likeness (QED) is 0.719. The molecule has 0 aliphatic rings. The molecule has 17 heavy (non-hydrogen) atoms. The molecule has 6 heteroatoms. The summed E-state index contributed by atoms with van der Waals surface area (Å²) < 4.78 is 0. The van der Waals surface area contributed by atoms with Crippen LogP contribution in [0, 0.1) is 0 Å². The number of amides is 1. The Morgan fingerprint density at radius 1 is 1.24 bits per heavy atom. The zero-order valence-electron chi connectivity index (χ0n) is 9.41. The van der Waals surface area contributed by atoms with Gasteiger partial charge in [-0.3, -0.25) is 4.79 Å². The van der Waals surface area contributed by atoms with E-state index >= 15 is 0 Å². The van der Waals surface area contributed by atoms with E-state index in [1.807, 2.05) is 0 Å². The van der Waals surface area contributed by atoms with Crippen molar-refractivity contribution >= 4 is 11.9 Å². The van der Waals surface area contributed by atoms with Crippen LogP contribution in [0.25, 0.3) is 0 Å². The van der Waals surface area contributed by atoms with Crippen molar-refractivity contribution in [3.8, 4) is 11.5 Å². The Morgan fingerprint density at radius 2 is 1.71 bits per heavy atom. The van der Waals surface area contributed by atoms with E-state index in [1.54, 1.807) is 0 Å². The van der Waals surface area contributed by atoms with Gasteiger partial charge in [0, 0.05) is 7.05 Å². The molecule has 1 aromatic rings. The summed E-state index contributed by atoms with van der Waals surface area (Å²) >= 11 is 0. The molecule has 0 aromatic heterocycles. The van der Waals surface area contributed by atoms with Gasteiger partial charge in [0.05, 0.1) is 0 Å². The fraction of sp³-hybridized carbons (Fsp3) is 0.273. The van der Waals surface area contributed by atoms with Gasteiger partial charge in [-0.15, -0.1) is 0 Å². The van der Waals surface area contributed by atoms with Gasteiger partial charge in [-0.1, -0.05) is 6.07 Å². The molecule has 0 saturated carbocycles. The summed E-state index contributed by atoms with van der Waals surface area (Å²) in [6.45, 7) is 1.33. The number of aliphatic carboxylic acids is 1.